The lowest BCUT2D eigenvalue weighted by Crippen LogP contribution is -2.41. The third-order valence-electron chi connectivity index (χ3n) is 5.71. The molecule has 1 aromatic carbocycles. The molecule has 0 aliphatic heterocycles. The minimum absolute atomic E-state index is 0.0737. The third kappa shape index (κ3) is 3.53. The first-order valence-corrected chi connectivity index (χ1v) is 10.6. The first-order valence-electron chi connectivity index (χ1n) is 10.6. The molecule has 32 heavy (non-hydrogen) atoms. The predicted octanol–water partition coefficient (Wildman–Crippen LogP) is 2.17. The van der Waals surface area contributed by atoms with Gasteiger partial charge in [-0.1, -0.05) is 44.2 Å². The molecule has 0 saturated carbocycles. The van der Waals surface area contributed by atoms with Gasteiger partial charge in [0.2, 0.25) is 5.78 Å². The molecule has 9 heteroatoms. The van der Waals surface area contributed by atoms with Gasteiger partial charge in [0.1, 0.15) is 13.2 Å². The van der Waals surface area contributed by atoms with Crippen molar-refractivity contribution >= 4 is 22.9 Å². The van der Waals surface area contributed by atoms with E-state index in [-0.39, 0.29) is 12.1 Å². The zero-order valence-corrected chi connectivity index (χ0v) is 19.0. The maximum atomic E-state index is 13.4. The summed E-state index contributed by atoms with van der Waals surface area (Å²) in [7, 11) is 1.55. The van der Waals surface area contributed by atoms with Gasteiger partial charge in [-0.05, 0) is 25.3 Å². The summed E-state index contributed by atoms with van der Waals surface area (Å²) in [6.07, 6.45) is 0. The summed E-state index contributed by atoms with van der Waals surface area (Å²) in [4.78, 5) is 43.3. The second kappa shape index (κ2) is 8.14. The van der Waals surface area contributed by atoms with E-state index in [0.717, 1.165) is 28.1 Å². The molecule has 0 aliphatic carbocycles. The van der Waals surface area contributed by atoms with E-state index in [1.807, 2.05) is 44.2 Å². The largest absolute Gasteiger partial charge is 0.459 e. The van der Waals surface area contributed by atoms with Crippen molar-refractivity contribution in [3.05, 3.63) is 68.1 Å². The molecular formula is C23H27N5O4. The number of hydrogen-bond acceptors (Lipinski definition) is 5. The normalized spacial score (nSPS) is 11.7. The fourth-order valence-electron chi connectivity index (χ4n) is 3.95. The number of aryl methyl sites for hydroxylation is 2. The third-order valence-corrected chi connectivity index (χ3v) is 5.71. The van der Waals surface area contributed by atoms with Crippen molar-refractivity contribution in [2.75, 3.05) is 0 Å². The minimum Gasteiger partial charge on any atom is -0.459 e. The molecule has 0 bridgehead atoms. The molecule has 0 spiro atoms. The summed E-state index contributed by atoms with van der Waals surface area (Å²) in [6.45, 7) is 8.47. The molecular weight excluding hydrogens is 410 g/mol. The van der Waals surface area contributed by atoms with Crippen LogP contribution >= 0.6 is 0 Å². The molecule has 168 valence electrons. The number of ether oxygens (including phenoxy) is 1. The highest BCUT2D eigenvalue weighted by Crippen LogP contribution is 2.21. The van der Waals surface area contributed by atoms with Crippen molar-refractivity contribution in [2.24, 2.45) is 13.0 Å². The first-order chi connectivity index (χ1) is 15.2. The van der Waals surface area contributed by atoms with Crippen LogP contribution in [-0.4, -0.2) is 29.1 Å². The Hall–Kier alpha value is -3.62. The Kier molecular flexibility index (Phi) is 5.50. The SMILES string of the molecule is Cc1c(C)n2c3c(=O)n(CC(=O)OCc4ccccc4)c(=O)n(C)c3nc2n1CC(C)C. The van der Waals surface area contributed by atoms with Crippen LogP contribution < -0.4 is 11.2 Å². The monoisotopic (exact) mass is 437 g/mol. The second-order valence-electron chi connectivity index (χ2n) is 8.47. The van der Waals surface area contributed by atoms with Gasteiger partial charge in [-0.2, -0.15) is 4.98 Å². The molecule has 4 aromatic rings. The number of hydrogen-bond donors (Lipinski definition) is 0. The summed E-state index contributed by atoms with van der Waals surface area (Å²) in [5, 5.41) is 0. The highest BCUT2D eigenvalue weighted by Gasteiger charge is 2.23. The Balaban J connectivity index is 1.79. The maximum absolute atomic E-state index is 13.4. The van der Waals surface area contributed by atoms with Crippen LogP contribution in [0.1, 0.15) is 30.8 Å². The van der Waals surface area contributed by atoms with E-state index >= 15 is 0 Å². The molecule has 4 rings (SSSR count). The highest BCUT2D eigenvalue weighted by atomic mass is 16.5. The minimum atomic E-state index is -0.654. The number of aromatic nitrogens is 5. The lowest BCUT2D eigenvalue weighted by atomic mass is 10.2. The van der Waals surface area contributed by atoms with Gasteiger partial charge in [0.15, 0.2) is 11.2 Å². The summed E-state index contributed by atoms with van der Waals surface area (Å²) in [5.74, 6) is 0.336. The molecule has 3 aromatic heterocycles. The number of esters is 1. The molecule has 0 aliphatic rings. The zero-order valence-electron chi connectivity index (χ0n) is 19.0. The number of carbonyl (C=O) groups excluding carboxylic acids is 1. The Morgan fingerprint density at radius 1 is 1.06 bits per heavy atom. The highest BCUT2D eigenvalue weighted by molar-refractivity contribution is 5.77. The Morgan fingerprint density at radius 2 is 1.75 bits per heavy atom. The molecule has 0 amide bonds. The Morgan fingerprint density at radius 3 is 2.41 bits per heavy atom. The van der Waals surface area contributed by atoms with E-state index in [1.165, 1.54) is 4.57 Å². The summed E-state index contributed by atoms with van der Waals surface area (Å²) in [6, 6.07) is 9.23. The van der Waals surface area contributed by atoms with Crippen molar-refractivity contribution in [1.82, 2.24) is 23.1 Å². The summed E-state index contributed by atoms with van der Waals surface area (Å²) < 4.78 is 11.3. The van der Waals surface area contributed by atoms with E-state index in [4.69, 9.17) is 4.74 Å². The molecule has 3 heterocycles. The van der Waals surface area contributed by atoms with Crippen LogP contribution in [0, 0.1) is 19.8 Å². The first kappa shape index (κ1) is 21.6. The van der Waals surface area contributed by atoms with Crippen molar-refractivity contribution in [2.45, 2.75) is 47.4 Å². The van der Waals surface area contributed by atoms with Gasteiger partial charge in [-0.3, -0.25) is 18.6 Å². The molecule has 0 radical (unpaired) electrons. The van der Waals surface area contributed by atoms with Gasteiger partial charge < -0.3 is 9.30 Å². The van der Waals surface area contributed by atoms with E-state index in [2.05, 4.69) is 23.4 Å². The number of nitrogens with zero attached hydrogens (tertiary/aromatic N) is 5. The van der Waals surface area contributed by atoms with Crippen LogP contribution in [0.5, 0.6) is 0 Å². The van der Waals surface area contributed by atoms with Crippen molar-refractivity contribution in [3.63, 3.8) is 0 Å². The Bertz CT molecular complexity index is 1440. The average Bonchev–Trinajstić information content (AvgIpc) is 3.26. The van der Waals surface area contributed by atoms with Crippen LogP contribution in [0.4, 0.5) is 0 Å². The smallest absolute Gasteiger partial charge is 0.333 e. The lowest BCUT2D eigenvalue weighted by Gasteiger charge is -2.09. The maximum Gasteiger partial charge on any atom is 0.333 e. The molecule has 0 N–H and O–H groups in total. The second-order valence-corrected chi connectivity index (χ2v) is 8.47. The van der Waals surface area contributed by atoms with Gasteiger partial charge in [-0.25, -0.2) is 9.36 Å². The number of fused-ring (bicyclic) bond motifs is 3. The fourth-order valence-corrected chi connectivity index (χ4v) is 3.95. The molecule has 0 atom stereocenters. The molecule has 9 nitrogen and oxygen atoms in total. The lowest BCUT2D eigenvalue weighted by molar-refractivity contribution is -0.145. The average molecular weight is 438 g/mol. The van der Waals surface area contributed by atoms with Gasteiger partial charge in [0, 0.05) is 25.0 Å². The molecule has 0 saturated heterocycles. The van der Waals surface area contributed by atoms with Crippen LogP contribution in [0.25, 0.3) is 16.9 Å². The van der Waals surface area contributed by atoms with Gasteiger partial charge in [0.25, 0.3) is 5.56 Å². The van der Waals surface area contributed by atoms with Crippen LogP contribution in [0.3, 0.4) is 0 Å². The van der Waals surface area contributed by atoms with Crippen LogP contribution in [0.15, 0.2) is 39.9 Å². The van der Waals surface area contributed by atoms with Crippen LogP contribution in [-0.2, 0) is 36.3 Å². The number of benzene rings is 1. The van der Waals surface area contributed by atoms with Gasteiger partial charge in [-0.15, -0.1) is 0 Å². The number of imidazole rings is 2. The summed E-state index contributed by atoms with van der Waals surface area (Å²) >= 11 is 0. The topological polar surface area (TPSA) is 92.5 Å². The number of rotatable bonds is 6. The van der Waals surface area contributed by atoms with E-state index in [1.54, 1.807) is 11.4 Å². The fraction of sp³-hybridized carbons (Fsp3) is 0.391. The number of carbonyl (C=O) groups is 1. The predicted molar refractivity (Wildman–Crippen MR) is 121 cm³/mol. The Labute approximate surface area is 184 Å². The molecule has 0 fully saturated rings. The van der Waals surface area contributed by atoms with Crippen molar-refractivity contribution in [3.8, 4) is 0 Å². The van der Waals surface area contributed by atoms with E-state index in [9.17, 15) is 14.4 Å². The van der Waals surface area contributed by atoms with Gasteiger partial charge in [0.05, 0.1) is 0 Å². The standard InChI is InChI=1S/C23H27N5O4/c1-14(2)11-26-15(3)16(4)28-19-20(24-22(26)28)25(5)23(31)27(21(19)30)12-18(29)32-13-17-9-7-6-8-10-17/h6-10,14H,11-13H2,1-5H3. The molecule has 0 unspecified atom stereocenters. The van der Waals surface area contributed by atoms with Crippen LogP contribution in [0.2, 0.25) is 0 Å². The zero-order chi connectivity index (χ0) is 23.2. The quantitative estimate of drug-likeness (QED) is 0.431. The van der Waals surface area contributed by atoms with E-state index < -0.39 is 23.8 Å². The van der Waals surface area contributed by atoms with E-state index in [0.29, 0.717) is 17.3 Å². The van der Waals surface area contributed by atoms with Crippen molar-refractivity contribution < 1.29 is 9.53 Å². The van der Waals surface area contributed by atoms with Gasteiger partial charge >= 0.3 is 11.7 Å². The summed E-state index contributed by atoms with van der Waals surface area (Å²) in [5.41, 5.74) is 2.11. The van der Waals surface area contributed by atoms with Crippen molar-refractivity contribution in [1.29, 1.82) is 0 Å².